The van der Waals surface area contributed by atoms with Gasteiger partial charge in [-0.25, -0.2) is 10.9 Å². The van der Waals surface area contributed by atoms with Crippen molar-refractivity contribution >= 4 is 11.8 Å². The maximum absolute atomic E-state index is 12.0. The number of H-pyrrole nitrogens is 1. The molecule has 0 atom stereocenters. The Balaban J connectivity index is 2.17. The van der Waals surface area contributed by atoms with Gasteiger partial charge in [-0.3, -0.25) is 9.59 Å². The lowest BCUT2D eigenvalue weighted by atomic mass is 9.99. The van der Waals surface area contributed by atoms with Crippen LogP contribution in [0.15, 0.2) is 36.5 Å². The number of nitrogens with zero attached hydrogens (tertiary/aromatic N) is 1. The highest BCUT2D eigenvalue weighted by Crippen LogP contribution is 2.29. The van der Waals surface area contributed by atoms with Crippen molar-refractivity contribution in [3.05, 3.63) is 47.8 Å². The minimum absolute atomic E-state index is 0.129. The fourth-order valence-electron chi connectivity index (χ4n) is 2.17. The van der Waals surface area contributed by atoms with Crippen LogP contribution in [-0.2, 0) is 11.2 Å². The molecule has 0 radical (unpaired) electrons. The van der Waals surface area contributed by atoms with Crippen LogP contribution >= 0.6 is 0 Å². The molecular formula is C13H11N3O2. The number of carbonyl (C=O) groups excluding carboxylic acids is 2. The molecule has 3 N–H and O–H groups in total. The molecule has 0 fully saturated rings. The van der Waals surface area contributed by atoms with Gasteiger partial charge in [0.1, 0.15) is 0 Å². The number of rotatable bonds is 1. The van der Waals surface area contributed by atoms with E-state index < -0.39 is 11.8 Å². The third-order valence-electron chi connectivity index (χ3n) is 3.08. The Morgan fingerprint density at radius 1 is 1.17 bits per heavy atom. The number of hydrogen-bond donors (Lipinski definition) is 2. The molecule has 0 unspecified atom stereocenters. The largest absolute Gasteiger partial charge is 0.363 e. The molecule has 1 aromatic heterocycles. The maximum Gasteiger partial charge on any atom is 0.277 e. The van der Waals surface area contributed by atoms with Crippen LogP contribution in [0.25, 0.3) is 11.1 Å². The van der Waals surface area contributed by atoms with E-state index in [1.807, 2.05) is 30.3 Å². The number of amides is 2. The van der Waals surface area contributed by atoms with Gasteiger partial charge in [-0.15, -0.1) is 0 Å². The molecule has 0 saturated carbocycles. The molecule has 0 bridgehead atoms. The average molecular weight is 241 g/mol. The third kappa shape index (κ3) is 1.45. The molecular weight excluding hydrogens is 230 g/mol. The highest BCUT2D eigenvalue weighted by atomic mass is 16.2. The minimum atomic E-state index is -0.457. The van der Waals surface area contributed by atoms with Gasteiger partial charge in [0.25, 0.3) is 5.91 Å². The second kappa shape index (κ2) is 3.82. The van der Waals surface area contributed by atoms with Gasteiger partial charge < -0.3 is 4.98 Å². The van der Waals surface area contributed by atoms with Crippen LogP contribution in [-0.4, -0.2) is 21.8 Å². The SMILES string of the molecule is NN1C(=O)Cc2[nH]cc(-c3ccccc3)c2C1=O. The fourth-order valence-corrected chi connectivity index (χ4v) is 2.17. The minimum Gasteiger partial charge on any atom is -0.363 e. The standard InChI is InChI=1S/C13H11N3O2/c14-16-11(17)6-10-12(13(16)18)9(7-15-10)8-4-2-1-3-5-8/h1-5,7,15H,6,14H2. The Morgan fingerprint density at radius 2 is 1.89 bits per heavy atom. The van der Waals surface area contributed by atoms with E-state index in [4.69, 9.17) is 5.84 Å². The Morgan fingerprint density at radius 3 is 2.61 bits per heavy atom. The van der Waals surface area contributed by atoms with Crippen LogP contribution in [0.3, 0.4) is 0 Å². The van der Waals surface area contributed by atoms with Gasteiger partial charge in [-0.05, 0) is 5.56 Å². The highest BCUT2D eigenvalue weighted by Gasteiger charge is 2.32. The predicted octanol–water partition coefficient (Wildman–Crippen LogP) is 1.08. The number of benzene rings is 1. The maximum atomic E-state index is 12.0. The number of fused-ring (bicyclic) bond motifs is 1. The van der Waals surface area contributed by atoms with Gasteiger partial charge in [0.05, 0.1) is 12.0 Å². The number of imide groups is 1. The zero-order valence-electron chi connectivity index (χ0n) is 9.51. The summed E-state index contributed by atoms with van der Waals surface area (Å²) in [5.41, 5.74) is 2.82. The number of nitrogens with two attached hydrogens (primary N) is 1. The first-order valence-corrected chi connectivity index (χ1v) is 5.56. The molecule has 0 spiro atoms. The van der Waals surface area contributed by atoms with Crippen LogP contribution in [0.1, 0.15) is 16.1 Å². The Hall–Kier alpha value is -2.40. The van der Waals surface area contributed by atoms with Crippen LogP contribution < -0.4 is 5.84 Å². The van der Waals surface area contributed by atoms with Crippen molar-refractivity contribution in [1.29, 1.82) is 0 Å². The molecule has 1 aliphatic rings. The van der Waals surface area contributed by atoms with Gasteiger partial charge >= 0.3 is 0 Å². The van der Waals surface area contributed by atoms with Crippen LogP contribution in [0.5, 0.6) is 0 Å². The number of aromatic nitrogens is 1. The summed E-state index contributed by atoms with van der Waals surface area (Å²) in [5.74, 6) is 4.61. The van der Waals surface area contributed by atoms with Crippen LogP contribution in [0, 0.1) is 0 Å². The lowest BCUT2D eigenvalue weighted by molar-refractivity contribution is -0.128. The monoisotopic (exact) mass is 241 g/mol. The van der Waals surface area contributed by atoms with E-state index in [1.54, 1.807) is 6.20 Å². The molecule has 0 saturated heterocycles. The van der Waals surface area contributed by atoms with Crippen LogP contribution in [0.4, 0.5) is 0 Å². The second-order valence-corrected chi connectivity index (χ2v) is 4.17. The van der Waals surface area contributed by atoms with Crippen molar-refractivity contribution in [3.63, 3.8) is 0 Å². The van der Waals surface area contributed by atoms with Gasteiger partial charge in [0.15, 0.2) is 0 Å². The van der Waals surface area contributed by atoms with Crippen molar-refractivity contribution in [2.24, 2.45) is 5.84 Å². The van der Waals surface area contributed by atoms with E-state index in [-0.39, 0.29) is 6.42 Å². The lowest BCUT2D eigenvalue weighted by Crippen LogP contribution is -2.46. The molecule has 5 heteroatoms. The van der Waals surface area contributed by atoms with E-state index in [2.05, 4.69) is 4.98 Å². The van der Waals surface area contributed by atoms with E-state index in [0.29, 0.717) is 16.3 Å². The van der Waals surface area contributed by atoms with Gasteiger partial charge in [0, 0.05) is 17.5 Å². The summed E-state index contributed by atoms with van der Waals surface area (Å²) in [6, 6.07) is 9.52. The number of aromatic amines is 1. The van der Waals surface area contributed by atoms with Gasteiger partial charge in [-0.1, -0.05) is 30.3 Å². The summed E-state index contributed by atoms with van der Waals surface area (Å²) in [6.45, 7) is 0. The highest BCUT2D eigenvalue weighted by molar-refractivity contribution is 6.12. The number of hydrogen-bond acceptors (Lipinski definition) is 3. The molecule has 18 heavy (non-hydrogen) atoms. The summed E-state index contributed by atoms with van der Waals surface area (Å²) in [5, 5.41) is 0.683. The molecule has 90 valence electrons. The molecule has 3 rings (SSSR count). The van der Waals surface area contributed by atoms with Crippen molar-refractivity contribution in [2.45, 2.75) is 6.42 Å². The molecule has 1 aliphatic heterocycles. The smallest absolute Gasteiger partial charge is 0.277 e. The fraction of sp³-hybridized carbons (Fsp3) is 0.0769. The van der Waals surface area contributed by atoms with E-state index in [0.717, 1.165) is 11.1 Å². The predicted molar refractivity (Wildman–Crippen MR) is 65.3 cm³/mol. The summed E-state index contributed by atoms with van der Waals surface area (Å²) in [4.78, 5) is 26.5. The van der Waals surface area contributed by atoms with Crippen molar-refractivity contribution in [3.8, 4) is 11.1 Å². The Labute approximate surface area is 103 Å². The number of nitrogens with one attached hydrogen (secondary N) is 1. The zero-order chi connectivity index (χ0) is 12.7. The summed E-state index contributed by atoms with van der Waals surface area (Å²) in [6.07, 6.45) is 1.87. The normalized spacial score (nSPS) is 14.8. The molecule has 1 aromatic carbocycles. The molecule has 0 aliphatic carbocycles. The Bertz CT molecular complexity index is 631. The summed E-state index contributed by atoms with van der Waals surface area (Å²) < 4.78 is 0. The van der Waals surface area contributed by atoms with Crippen LogP contribution in [0.2, 0.25) is 0 Å². The first kappa shape index (κ1) is 10.7. The number of carbonyl (C=O) groups is 2. The summed E-state index contributed by atoms with van der Waals surface area (Å²) >= 11 is 0. The molecule has 2 aromatic rings. The van der Waals surface area contributed by atoms with E-state index in [1.165, 1.54) is 0 Å². The molecule has 2 heterocycles. The molecule has 2 amide bonds. The van der Waals surface area contributed by atoms with Crippen molar-refractivity contribution < 1.29 is 9.59 Å². The average Bonchev–Trinajstić information content (AvgIpc) is 2.81. The number of hydrazine groups is 1. The lowest BCUT2D eigenvalue weighted by Gasteiger charge is -2.20. The second-order valence-electron chi connectivity index (χ2n) is 4.17. The van der Waals surface area contributed by atoms with Gasteiger partial charge in [0.2, 0.25) is 5.91 Å². The quantitative estimate of drug-likeness (QED) is 0.445. The Kier molecular flexibility index (Phi) is 2.28. The first-order chi connectivity index (χ1) is 8.68. The van der Waals surface area contributed by atoms with E-state index in [9.17, 15) is 9.59 Å². The van der Waals surface area contributed by atoms with Crippen molar-refractivity contribution in [1.82, 2.24) is 9.99 Å². The topological polar surface area (TPSA) is 79.2 Å². The first-order valence-electron chi connectivity index (χ1n) is 5.56. The van der Waals surface area contributed by atoms with Gasteiger partial charge in [-0.2, -0.15) is 0 Å². The van der Waals surface area contributed by atoms with Crippen molar-refractivity contribution in [2.75, 3.05) is 0 Å². The zero-order valence-corrected chi connectivity index (χ0v) is 9.51. The third-order valence-corrected chi connectivity index (χ3v) is 3.08. The summed E-state index contributed by atoms with van der Waals surface area (Å²) in [7, 11) is 0. The van der Waals surface area contributed by atoms with E-state index >= 15 is 0 Å². The molecule has 5 nitrogen and oxygen atoms in total.